The minimum Gasteiger partial charge on any atom is -0.317 e. The molecule has 76 valence electrons. The first-order valence-electron chi connectivity index (χ1n) is 5.17. The van der Waals surface area contributed by atoms with Crippen LogP contribution in [0.5, 0.6) is 0 Å². The zero-order valence-corrected chi connectivity index (χ0v) is 8.84. The smallest absolute Gasteiger partial charge is 0.0631 e. The van der Waals surface area contributed by atoms with Gasteiger partial charge in [0.1, 0.15) is 0 Å². The van der Waals surface area contributed by atoms with Crippen molar-refractivity contribution in [2.75, 3.05) is 7.05 Å². The highest BCUT2D eigenvalue weighted by Gasteiger charge is 2.32. The lowest BCUT2D eigenvalue weighted by atomic mass is 9.71. The number of allylic oxidation sites excluding steroid dienone is 1. The second-order valence-corrected chi connectivity index (χ2v) is 4.11. The van der Waals surface area contributed by atoms with Crippen LogP contribution in [0, 0.1) is 16.7 Å². The quantitative estimate of drug-likeness (QED) is 0.694. The molecule has 1 saturated carbocycles. The van der Waals surface area contributed by atoms with Crippen molar-refractivity contribution >= 4 is 0 Å². The fourth-order valence-corrected chi connectivity index (χ4v) is 2.23. The molecule has 0 atom stereocenters. The van der Waals surface area contributed by atoms with Crippen LogP contribution in [0.1, 0.15) is 32.1 Å². The van der Waals surface area contributed by atoms with Crippen LogP contribution in [0.15, 0.2) is 18.4 Å². The zero-order chi connectivity index (χ0) is 10.4. The number of rotatable bonds is 3. The fourth-order valence-electron chi connectivity index (χ4n) is 2.23. The third kappa shape index (κ3) is 2.48. The van der Waals surface area contributed by atoms with Crippen molar-refractivity contribution in [3.05, 3.63) is 18.4 Å². The minimum atomic E-state index is 0.0594. The van der Waals surface area contributed by atoms with Gasteiger partial charge in [0.15, 0.2) is 0 Å². The summed E-state index contributed by atoms with van der Waals surface area (Å²) in [6.07, 6.45) is 7.06. The van der Waals surface area contributed by atoms with Crippen molar-refractivity contribution in [2.24, 2.45) is 5.41 Å². The van der Waals surface area contributed by atoms with Gasteiger partial charge in [0.25, 0.3) is 0 Å². The molecule has 1 N–H and O–H groups in total. The molecular formula is C12H18N2. The summed E-state index contributed by atoms with van der Waals surface area (Å²) in [4.78, 5) is 0. The van der Waals surface area contributed by atoms with E-state index in [0.29, 0.717) is 12.5 Å². The molecule has 0 unspecified atom stereocenters. The highest BCUT2D eigenvalue weighted by molar-refractivity contribution is 5.05. The van der Waals surface area contributed by atoms with Crippen LogP contribution in [-0.4, -0.2) is 13.1 Å². The van der Waals surface area contributed by atoms with E-state index in [1.165, 1.54) is 0 Å². The molecule has 1 rings (SSSR count). The molecule has 0 spiro atoms. The van der Waals surface area contributed by atoms with Gasteiger partial charge in [-0.3, -0.25) is 0 Å². The maximum atomic E-state index is 8.80. The lowest BCUT2D eigenvalue weighted by Gasteiger charge is -2.35. The average Bonchev–Trinajstić information content (AvgIpc) is 2.20. The summed E-state index contributed by atoms with van der Waals surface area (Å²) >= 11 is 0. The van der Waals surface area contributed by atoms with Gasteiger partial charge in [0, 0.05) is 17.9 Å². The van der Waals surface area contributed by atoms with Gasteiger partial charge in [-0.05, 0) is 38.8 Å². The molecule has 0 saturated heterocycles. The predicted octanol–water partition coefficient (Wildman–Crippen LogP) is 2.39. The lowest BCUT2D eigenvalue weighted by Crippen LogP contribution is -2.34. The van der Waals surface area contributed by atoms with Crippen LogP contribution < -0.4 is 5.32 Å². The van der Waals surface area contributed by atoms with Gasteiger partial charge in [-0.2, -0.15) is 5.26 Å². The summed E-state index contributed by atoms with van der Waals surface area (Å²) < 4.78 is 0. The monoisotopic (exact) mass is 190 g/mol. The molecule has 0 aromatic carbocycles. The second kappa shape index (κ2) is 5.00. The molecule has 0 radical (unpaired) electrons. The Kier molecular flexibility index (Phi) is 3.95. The normalized spacial score (nSPS) is 31.6. The first-order valence-corrected chi connectivity index (χ1v) is 5.17. The molecule has 0 aromatic heterocycles. The van der Waals surface area contributed by atoms with Crippen molar-refractivity contribution in [3.8, 4) is 6.07 Å². The minimum absolute atomic E-state index is 0.0594. The largest absolute Gasteiger partial charge is 0.317 e. The topological polar surface area (TPSA) is 35.8 Å². The maximum Gasteiger partial charge on any atom is 0.0631 e. The summed E-state index contributed by atoms with van der Waals surface area (Å²) in [6, 6.07) is 2.90. The van der Waals surface area contributed by atoms with Crippen LogP contribution in [0.2, 0.25) is 0 Å². The molecule has 2 nitrogen and oxygen atoms in total. The number of nitrogens with zero attached hydrogens (tertiary/aromatic N) is 1. The van der Waals surface area contributed by atoms with Crippen molar-refractivity contribution in [2.45, 2.75) is 38.1 Å². The molecule has 2 heteroatoms. The lowest BCUT2D eigenvalue weighted by molar-refractivity contribution is 0.227. The summed E-state index contributed by atoms with van der Waals surface area (Å²) in [7, 11) is 2.01. The van der Waals surface area contributed by atoms with E-state index in [1.54, 1.807) is 0 Å². The predicted molar refractivity (Wildman–Crippen MR) is 57.7 cm³/mol. The summed E-state index contributed by atoms with van der Waals surface area (Å²) in [5.74, 6) is 0. The molecular weight excluding hydrogens is 172 g/mol. The highest BCUT2D eigenvalue weighted by Crippen LogP contribution is 2.40. The van der Waals surface area contributed by atoms with E-state index in [9.17, 15) is 0 Å². The van der Waals surface area contributed by atoms with E-state index in [-0.39, 0.29) is 5.41 Å². The Morgan fingerprint density at radius 3 is 2.64 bits per heavy atom. The van der Waals surface area contributed by atoms with E-state index < -0.39 is 0 Å². The molecule has 0 bridgehead atoms. The van der Waals surface area contributed by atoms with Crippen molar-refractivity contribution in [3.63, 3.8) is 0 Å². The van der Waals surface area contributed by atoms with E-state index >= 15 is 0 Å². The van der Waals surface area contributed by atoms with E-state index in [1.807, 2.05) is 13.1 Å². The highest BCUT2D eigenvalue weighted by atomic mass is 14.9. The Labute approximate surface area is 86.3 Å². The van der Waals surface area contributed by atoms with Crippen molar-refractivity contribution in [1.29, 1.82) is 5.26 Å². The Balaban J connectivity index is 2.64. The molecule has 0 heterocycles. The van der Waals surface area contributed by atoms with Crippen LogP contribution >= 0.6 is 0 Å². The van der Waals surface area contributed by atoms with Crippen LogP contribution in [-0.2, 0) is 0 Å². The zero-order valence-electron chi connectivity index (χ0n) is 8.84. The average molecular weight is 190 g/mol. The number of hydrogen-bond acceptors (Lipinski definition) is 2. The third-order valence-corrected chi connectivity index (χ3v) is 3.23. The van der Waals surface area contributed by atoms with Gasteiger partial charge >= 0.3 is 0 Å². The van der Waals surface area contributed by atoms with Gasteiger partial charge in [-0.25, -0.2) is 0 Å². The van der Waals surface area contributed by atoms with Crippen LogP contribution in [0.4, 0.5) is 0 Å². The van der Waals surface area contributed by atoms with Crippen LogP contribution in [0.25, 0.3) is 0 Å². The second-order valence-electron chi connectivity index (χ2n) is 4.11. The summed E-state index contributed by atoms with van der Waals surface area (Å²) in [6.45, 7) is 3.62. The standard InChI is InChI=1S/C12H18N2/c1-3-6-12(9-10-13)7-4-11(14-2)5-8-12/h6,11,14H,1,4-5,7-9H2,2H3. The van der Waals surface area contributed by atoms with Gasteiger partial charge in [0.2, 0.25) is 0 Å². The van der Waals surface area contributed by atoms with Gasteiger partial charge < -0.3 is 5.32 Å². The molecule has 1 aliphatic carbocycles. The summed E-state index contributed by atoms with van der Waals surface area (Å²) in [5, 5.41) is 12.1. The van der Waals surface area contributed by atoms with E-state index in [2.05, 4.69) is 23.7 Å². The van der Waals surface area contributed by atoms with E-state index in [4.69, 9.17) is 5.26 Å². The van der Waals surface area contributed by atoms with Gasteiger partial charge in [-0.1, -0.05) is 6.58 Å². The first-order chi connectivity index (χ1) is 6.76. The Morgan fingerprint density at radius 2 is 2.21 bits per heavy atom. The van der Waals surface area contributed by atoms with Crippen LogP contribution in [0.3, 0.4) is 0 Å². The molecule has 0 aliphatic heterocycles. The van der Waals surface area contributed by atoms with E-state index in [0.717, 1.165) is 25.7 Å². The molecule has 1 fully saturated rings. The fraction of sp³-hybridized carbons (Fsp3) is 0.667. The van der Waals surface area contributed by atoms with Gasteiger partial charge in [0.05, 0.1) is 6.07 Å². The first kappa shape index (κ1) is 11.0. The molecule has 1 aliphatic rings. The Bertz CT molecular complexity index is 261. The molecule has 0 amide bonds. The van der Waals surface area contributed by atoms with Crippen molar-refractivity contribution in [1.82, 2.24) is 5.32 Å². The van der Waals surface area contributed by atoms with Crippen molar-refractivity contribution < 1.29 is 0 Å². The Morgan fingerprint density at radius 1 is 1.57 bits per heavy atom. The SMILES string of the molecule is C=C=CC1(CC#N)CCC(NC)CC1. The maximum absolute atomic E-state index is 8.80. The number of nitrogens with one attached hydrogen (secondary N) is 1. The van der Waals surface area contributed by atoms with Gasteiger partial charge in [-0.15, -0.1) is 5.73 Å². The Hall–Kier alpha value is -1.03. The number of nitriles is 1. The number of hydrogen-bond donors (Lipinski definition) is 1. The summed E-state index contributed by atoms with van der Waals surface area (Å²) in [5.41, 5.74) is 2.91. The molecule has 14 heavy (non-hydrogen) atoms. The molecule has 0 aromatic rings. The third-order valence-electron chi connectivity index (χ3n) is 3.23.